The maximum absolute atomic E-state index is 12.4. The van der Waals surface area contributed by atoms with Crippen molar-refractivity contribution in [1.29, 1.82) is 0 Å². The monoisotopic (exact) mass is 758 g/mol. The zero-order valence-corrected chi connectivity index (χ0v) is 36.5. The van der Waals surface area contributed by atoms with Gasteiger partial charge in [-0.2, -0.15) is 0 Å². The first-order valence-corrected chi connectivity index (χ1v) is 24.2. The summed E-state index contributed by atoms with van der Waals surface area (Å²) >= 11 is 0. The van der Waals surface area contributed by atoms with Gasteiger partial charge in [-0.15, -0.1) is 0 Å². The van der Waals surface area contributed by atoms with Crippen LogP contribution in [0.15, 0.2) is 36.5 Å². The fourth-order valence-electron chi connectivity index (χ4n) is 7.37. The van der Waals surface area contributed by atoms with Crippen LogP contribution in [0.3, 0.4) is 0 Å². The molecule has 0 saturated carbocycles. The number of hydrogen-bond donors (Lipinski definition) is 3. The van der Waals surface area contributed by atoms with Crippen molar-refractivity contribution in [3.63, 3.8) is 0 Å². The summed E-state index contributed by atoms with van der Waals surface area (Å²) in [6.45, 7) is 4.27. The van der Waals surface area contributed by atoms with Crippen LogP contribution in [0, 0.1) is 0 Å². The highest BCUT2D eigenvalue weighted by Crippen LogP contribution is 2.16. The minimum atomic E-state index is -0.845. The van der Waals surface area contributed by atoms with Crippen LogP contribution in [0.25, 0.3) is 0 Å². The van der Waals surface area contributed by atoms with Gasteiger partial charge in [-0.3, -0.25) is 4.79 Å². The summed E-state index contributed by atoms with van der Waals surface area (Å²) in [4.78, 5) is 12.4. The molecule has 4 nitrogen and oxygen atoms in total. The number of carbonyl (C=O) groups is 1. The predicted octanol–water partition coefficient (Wildman–Crippen LogP) is 15.4. The van der Waals surface area contributed by atoms with Crippen LogP contribution < -0.4 is 5.32 Å². The first-order chi connectivity index (χ1) is 26.7. The van der Waals surface area contributed by atoms with Gasteiger partial charge in [-0.05, 0) is 44.9 Å². The highest BCUT2D eigenvalue weighted by molar-refractivity contribution is 5.76. The van der Waals surface area contributed by atoms with E-state index < -0.39 is 12.1 Å². The normalized spacial score (nSPS) is 13.2. The molecule has 0 heterocycles. The summed E-state index contributed by atoms with van der Waals surface area (Å²) in [5.41, 5.74) is 0. The van der Waals surface area contributed by atoms with Gasteiger partial charge < -0.3 is 15.5 Å². The van der Waals surface area contributed by atoms with Crippen LogP contribution in [-0.4, -0.2) is 34.9 Å². The third kappa shape index (κ3) is 41.8. The number of aliphatic hydroxyl groups is 2. The molecule has 0 spiro atoms. The number of aliphatic hydroxyl groups excluding tert-OH is 2. The van der Waals surface area contributed by atoms with Gasteiger partial charge in [0.05, 0.1) is 18.8 Å². The summed E-state index contributed by atoms with van der Waals surface area (Å²) in [6, 6.07) is -0.629. The van der Waals surface area contributed by atoms with Crippen LogP contribution in [0.1, 0.15) is 258 Å². The number of amides is 1. The smallest absolute Gasteiger partial charge is 0.220 e. The van der Waals surface area contributed by atoms with E-state index in [-0.39, 0.29) is 12.5 Å². The standard InChI is InChI=1S/C50H95NO3/c1-3-5-7-9-11-13-15-17-19-20-21-22-23-24-25-26-27-28-29-30-31-32-33-35-37-39-41-43-45-49(53)48(47-52)51-50(54)46-44-42-40-38-36-34-18-16-14-12-10-8-6-4-2/h10,12,16,18,43,45,48-49,52-53H,3-9,11,13-15,17,19-42,44,46-47H2,1-2H3,(H,51,54)/b12-10-,18-16-,45-43+. The molecule has 0 aliphatic rings. The number of nitrogens with one attached hydrogen (secondary N) is 1. The van der Waals surface area contributed by atoms with Gasteiger partial charge >= 0.3 is 0 Å². The van der Waals surface area contributed by atoms with E-state index in [0.29, 0.717) is 6.42 Å². The van der Waals surface area contributed by atoms with Gasteiger partial charge in [-0.25, -0.2) is 0 Å². The van der Waals surface area contributed by atoms with E-state index in [0.717, 1.165) is 44.9 Å². The molecular weight excluding hydrogens is 663 g/mol. The van der Waals surface area contributed by atoms with E-state index in [2.05, 4.69) is 43.5 Å². The number of unbranched alkanes of at least 4 members (excludes halogenated alkanes) is 33. The Morgan fingerprint density at radius 3 is 1.17 bits per heavy atom. The van der Waals surface area contributed by atoms with Crippen molar-refractivity contribution in [1.82, 2.24) is 5.32 Å². The van der Waals surface area contributed by atoms with Gasteiger partial charge in [-0.1, -0.05) is 243 Å². The molecule has 0 aliphatic heterocycles. The molecular formula is C50H95NO3. The lowest BCUT2D eigenvalue weighted by molar-refractivity contribution is -0.123. The Bertz CT molecular complexity index is 821. The maximum Gasteiger partial charge on any atom is 0.220 e. The summed E-state index contributed by atoms with van der Waals surface area (Å²) in [5, 5.41) is 23.0. The third-order valence-corrected chi connectivity index (χ3v) is 11.1. The molecule has 2 atom stereocenters. The Morgan fingerprint density at radius 1 is 0.444 bits per heavy atom. The lowest BCUT2D eigenvalue weighted by atomic mass is 10.0. The molecule has 54 heavy (non-hydrogen) atoms. The SMILES string of the molecule is CCCC/C=C\C/C=C\CCCCCCCC(=O)NC(CO)C(O)/C=C/CCCCCCCCCCCCCCCCCCCCCCCCCCCC. The Morgan fingerprint density at radius 2 is 0.778 bits per heavy atom. The minimum absolute atomic E-state index is 0.0770. The summed E-state index contributed by atoms with van der Waals surface area (Å²) in [5.74, 6) is -0.0770. The highest BCUT2D eigenvalue weighted by Gasteiger charge is 2.17. The molecule has 0 rings (SSSR count). The van der Waals surface area contributed by atoms with E-state index >= 15 is 0 Å². The van der Waals surface area contributed by atoms with Gasteiger partial charge in [0.1, 0.15) is 0 Å². The Hall–Kier alpha value is -1.39. The van der Waals surface area contributed by atoms with Gasteiger partial charge in [0.2, 0.25) is 5.91 Å². The van der Waals surface area contributed by atoms with Crippen LogP contribution in [0.5, 0.6) is 0 Å². The molecule has 2 unspecified atom stereocenters. The van der Waals surface area contributed by atoms with Gasteiger partial charge in [0, 0.05) is 6.42 Å². The van der Waals surface area contributed by atoms with Crippen molar-refractivity contribution < 1.29 is 15.0 Å². The molecule has 0 aromatic rings. The highest BCUT2D eigenvalue weighted by atomic mass is 16.3. The first kappa shape index (κ1) is 52.6. The molecule has 3 N–H and O–H groups in total. The number of hydrogen-bond acceptors (Lipinski definition) is 3. The quantitative estimate of drug-likeness (QED) is 0.0428. The topological polar surface area (TPSA) is 69.6 Å². The van der Waals surface area contributed by atoms with Crippen LogP contribution >= 0.6 is 0 Å². The maximum atomic E-state index is 12.4. The fraction of sp³-hybridized carbons (Fsp3) is 0.860. The Labute approximate surface area is 338 Å². The second-order valence-corrected chi connectivity index (χ2v) is 16.5. The van der Waals surface area contributed by atoms with Crippen molar-refractivity contribution in [2.24, 2.45) is 0 Å². The molecule has 318 valence electrons. The third-order valence-electron chi connectivity index (χ3n) is 11.1. The van der Waals surface area contributed by atoms with E-state index in [1.807, 2.05) is 6.08 Å². The number of carbonyl (C=O) groups excluding carboxylic acids is 1. The predicted molar refractivity (Wildman–Crippen MR) is 239 cm³/mol. The zero-order chi connectivity index (χ0) is 39.3. The van der Waals surface area contributed by atoms with Crippen molar-refractivity contribution in [3.8, 4) is 0 Å². The molecule has 0 bridgehead atoms. The second-order valence-electron chi connectivity index (χ2n) is 16.5. The largest absolute Gasteiger partial charge is 0.394 e. The first-order valence-electron chi connectivity index (χ1n) is 24.2. The zero-order valence-electron chi connectivity index (χ0n) is 36.5. The van der Waals surface area contributed by atoms with Crippen molar-refractivity contribution in [3.05, 3.63) is 36.5 Å². The van der Waals surface area contributed by atoms with E-state index in [1.54, 1.807) is 6.08 Å². The van der Waals surface area contributed by atoms with Gasteiger partial charge in [0.25, 0.3) is 0 Å². The lowest BCUT2D eigenvalue weighted by Gasteiger charge is -2.20. The molecule has 0 radical (unpaired) electrons. The molecule has 1 amide bonds. The van der Waals surface area contributed by atoms with E-state index in [4.69, 9.17) is 0 Å². The summed E-state index contributed by atoms with van der Waals surface area (Å²) in [7, 11) is 0. The van der Waals surface area contributed by atoms with Crippen LogP contribution in [0.2, 0.25) is 0 Å². The van der Waals surface area contributed by atoms with Crippen LogP contribution in [0.4, 0.5) is 0 Å². The van der Waals surface area contributed by atoms with Crippen molar-refractivity contribution >= 4 is 5.91 Å². The fourth-order valence-corrected chi connectivity index (χ4v) is 7.37. The molecule has 0 aromatic carbocycles. The number of allylic oxidation sites excluding steroid dienone is 5. The van der Waals surface area contributed by atoms with E-state index in [1.165, 1.54) is 193 Å². The van der Waals surface area contributed by atoms with Crippen molar-refractivity contribution in [2.45, 2.75) is 270 Å². The lowest BCUT2D eigenvalue weighted by Crippen LogP contribution is -2.45. The molecule has 0 aliphatic carbocycles. The Kier molecular flexibility index (Phi) is 44.8. The molecule has 4 heteroatoms. The summed E-state index contributed by atoms with van der Waals surface area (Å²) in [6.07, 6.45) is 61.4. The average Bonchev–Trinajstić information content (AvgIpc) is 3.18. The average molecular weight is 758 g/mol. The number of rotatable bonds is 44. The van der Waals surface area contributed by atoms with Crippen molar-refractivity contribution in [2.75, 3.05) is 6.61 Å². The van der Waals surface area contributed by atoms with Gasteiger partial charge in [0.15, 0.2) is 0 Å². The molecule has 0 fully saturated rings. The summed E-state index contributed by atoms with van der Waals surface area (Å²) < 4.78 is 0. The van der Waals surface area contributed by atoms with Crippen LogP contribution in [-0.2, 0) is 4.79 Å². The minimum Gasteiger partial charge on any atom is -0.394 e. The Balaban J connectivity index is 3.49. The second kappa shape index (κ2) is 46.0. The molecule has 0 aromatic heterocycles. The molecule has 0 saturated heterocycles. The van der Waals surface area contributed by atoms with E-state index in [9.17, 15) is 15.0 Å².